The summed E-state index contributed by atoms with van der Waals surface area (Å²) < 4.78 is 56.6. The predicted molar refractivity (Wildman–Crippen MR) is 141 cm³/mol. The Morgan fingerprint density at radius 2 is 1.58 bits per heavy atom. The Kier molecular flexibility index (Phi) is 8.35. The van der Waals surface area contributed by atoms with Crippen LogP contribution in [0.5, 0.6) is 11.5 Å². The molecule has 0 saturated heterocycles. The number of hydrogen-bond acceptors (Lipinski definition) is 3. The highest BCUT2D eigenvalue weighted by molar-refractivity contribution is 5.72. The summed E-state index contributed by atoms with van der Waals surface area (Å²) >= 11 is 0. The third-order valence-electron chi connectivity index (χ3n) is 8.90. The zero-order valence-electron chi connectivity index (χ0n) is 22.6. The van der Waals surface area contributed by atoms with Crippen molar-refractivity contribution in [3.8, 4) is 11.5 Å². The second kappa shape index (κ2) is 11.7. The van der Waals surface area contributed by atoms with Crippen LogP contribution in [0.3, 0.4) is 0 Å². The maximum atomic E-state index is 15.7. The van der Waals surface area contributed by atoms with Crippen molar-refractivity contribution < 1.29 is 27.4 Å². The van der Waals surface area contributed by atoms with Gasteiger partial charge in [0.25, 0.3) is 0 Å². The number of rotatable bonds is 7. The van der Waals surface area contributed by atoms with E-state index in [-0.39, 0.29) is 35.4 Å². The number of ether oxygens (including phenoxy) is 2. The molecule has 0 amide bonds. The van der Waals surface area contributed by atoms with E-state index in [1.165, 1.54) is 12.8 Å². The topological polar surface area (TPSA) is 35.5 Å². The van der Waals surface area contributed by atoms with Crippen molar-refractivity contribution in [2.24, 2.45) is 11.8 Å². The number of benzene rings is 2. The van der Waals surface area contributed by atoms with Crippen molar-refractivity contribution >= 4 is 5.97 Å². The number of carbonyl (C=O) groups excluding carboxylic acids is 1. The molecule has 2 fully saturated rings. The molecule has 2 aliphatic carbocycles. The molecule has 6 heteroatoms. The average molecular weight is 529 g/mol. The second-order valence-corrected chi connectivity index (χ2v) is 11.6. The van der Waals surface area contributed by atoms with E-state index in [4.69, 9.17) is 9.47 Å². The van der Waals surface area contributed by atoms with Crippen molar-refractivity contribution in [1.82, 2.24) is 0 Å². The predicted octanol–water partition coefficient (Wildman–Crippen LogP) is 8.93. The van der Waals surface area contributed by atoms with Gasteiger partial charge in [-0.2, -0.15) is 4.39 Å². The molecule has 38 heavy (non-hydrogen) atoms. The minimum Gasteiger partial charge on any atom is -0.462 e. The summed E-state index contributed by atoms with van der Waals surface area (Å²) in [7, 11) is 0. The maximum absolute atomic E-state index is 15.7. The molecule has 1 aliphatic heterocycles. The zero-order valence-corrected chi connectivity index (χ0v) is 22.6. The average Bonchev–Trinajstić information content (AvgIpc) is 2.93. The van der Waals surface area contributed by atoms with E-state index < -0.39 is 17.5 Å². The minimum absolute atomic E-state index is 0.00301. The molecule has 0 N–H and O–H groups in total. The molecule has 0 spiro atoms. The van der Waals surface area contributed by atoms with Crippen LogP contribution in [-0.4, -0.2) is 12.1 Å². The van der Waals surface area contributed by atoms with Gasteiger partial charge in [-0.25, -0.2) is 8.78 Å². The van der Waals surface area contributed by atoms with Crippen molar-refractivity contribution in [2.75, 3.05) is 0 Å². The van der Waals surface area contributed by atoms with Gasteiger partial charge < -0.3 is 9.47 Å². The van der Waals surface area contributed by atoms with Gasteiger partial charge in [-0.1, -0.05) is 45.2 Å². The molecule has 5 rings (SSSR count). The lowest BCUT2D eigenvalue weighted by atomic mass is 9.78. The monoisotopic (exact) mass is 528 g/mol. The van der Waals surface area contributed by atoms with Gasteiger partial charge >= 0.3 is 5.97 Å². The Morgan fingerprint density at radius 1 is 0.868 bits per heavy atom. The number of esters is 1. The van der Waals surface area contributed by atoms with E-state index in [1.807, 2.05) is 13.0 Å². The van der Waals surface area contributed by atoms with E-state index in [0.717, 1.165) is 31.6 Å². The lowest BCUT2D eigenvalue weighted by molar-refractivity contribution is -0.157. The van der Waals surface area contributed by atoms with Crippen LogP contribution in [0, 0.1) is 29.3 Å². The summed E-state index contributed by atoms with van der Waals surface area (Å²) in [5.74, 6) is -2.19. The third-order valence-corrected chi connectivity index (χ3v) is 8.90. The first-order valence-corrected chi connectivity index (χ1v) is 14.6. The summed E-state index contributed by atoms with van der Waals surface area (Å²) in [6.07, 6.45) is 10.8. The molecule has 206 valence electrons. The number of carbonyl (C=O) groups is 1. The van der Waals surface area contributed by atoms with Gasteiger partial charge in [-0.3, -0.25) is 4.79 Å². The van der Waals surface area contributed by atoms with E-state index in [9.17, 15) is 13.6 Å². The van der Waals surface area contributed by atoms with Crippen LogP contribution in [-0.2, 0) is 22.4 Å². The smallest absolute Gasteiger partial charge is 0.309 e. The van der Waals surface area contributed by atoms with Crippen LogP contribution in [0.15, 0.2) is 18.2 Å². The third kappa shape index (κ3) is 5.46. The first-order valence-electron chi connectivity index (χ1n) is 14.6. The highest BCUT2D eigenvalue weighted by Crippen LogP contribution is 2.45. The molecule has 3 nitrogen and oxygen atoms in total. The zero-order chi connectivity index (χ0) is 26.8. The molecule has 0 unspecified atom stereocenters. The fourth-order valence-corrected chi connectivity index (χ4v) is 6.74. The number of halogens is 3. The Labute approximate surface area is 224 Å². The molecule has 0 bridgehead atoms. The molecular formula is C32H39F3O3. The lowest BCUT2D eigenvalue weighted by Crippen LogP contribution is -2.30. The van der Waals surface area contributed by atoms with Crippen molar-refractivity contribution in [1.29, 1.82) is 0 Å². The summed E-state index contributed by atoms with van der Waals surface area (Å²) in [5.41, 5.74) is 2.03. The van der Waals surface area contributed by atoms with Crippen molar-refractivity contribution in [3.63, 3.8) is 0 Å². The Morgan fingerprint density at radius 3 is 2.26 bits per heavy atom. The van der Waals surface area contributed by atoms with Gasteiger partial charge in [0.05, 0.1) is 5.92 Å². The quantitative estimate of drug-likeness (QED) is 0.287. The highest BCUT2D eigenvalue weighted by Gasteiger charge is 2.34. The molecule has 3 aliphatic rings. The van der Waals surface area contributed by atoms with E-state index in [2.05, 4.69) is 6.92 Å². The molecule has 0 aromatic heterocycles. The van der Waals surface area contributed by atoms with Gasteiger partial charge in [0.2, 0.25) is 5.82 Å². The summed E-state index contributed by atoms with van der Waals surface area (Å²) in [5, 5.41) is 0. The lowest BCUT2D eigenvalue weighted by Gasteiger charge is -2.32. The molecule has 1 heterocycles. The highest BCUT2D eigenvalue weighted by atomic mass is 19.2. The Balaban J connectivity index is 1.21. The number of fused-ring (bicyclic) bond motifs is 2. The summed E-state index contributed by atoms with van der Waals surface area (Å²) in [6.45, 7) is 4.13. The van der Waals surface area contributed by atoms with Crippen molar-refractivity contribution in [2.45, 2.75) is 109 Å². The standard InChI is InChI=1S/C32H39F3O3/c1-3-5-19-7-14-25(15-8-19)37-32(36)21-11-9-20(10-12-21)26-16-13-23-18-24-17-22(6-4-2)27(33)29(35)31(24)38-30(23)28(26)34/h13,16-17,19-21,25H,3-12,14-15,18H2,1-2H3. The molecule has 2 aromatic rings. The number of aryl methyl sites for hydroxylation is 1. The van der Waals surface area contributed by atoms with Crippen LogP contribution in [0.2, 0.25) is 0 Å². The van der Waals surface area contributed by atoms with Crippen LogP contribution >= 0.6 is 0 Å². The minimum atomic E-state index is -1.04. The van der Waals surface area contributed by atoms with Crippen LogP contribution in [0.1, 0.15) is 113 Å². The first kappa shape index (κ1) is 27.1. The maximum Gasteiger partial charge on any atom is 0.309 e. The SMILES string of the molecule is CCCc1cc2c(c(F)c1F)Oc1c(ccc(C3CCC(C(=O)OC4CCC(CCC)CC4)CC3)c1F)C2. The second-order valence-electron chi connectivity index (χ2n) is 11.6. The van der Waals surface area contributed by atoms with Gasteiger partial charge in [0, 0.05) is 17.5 Å². The van der Waals surface area contributed by atoms with Crippen molar-refractivity contribution in [3.05, 3.63) is 57.9 Å². The normalized spacial score (nSPS) is 24.8. The Hall–Kier alpha value is -2.50. The van der Waals surface area contributed by atoms with Crippen LogP contribution in [0.25, 0.3) is 0 Å². The van der Waals surface area contributed by atoms with E-state index in [1.54, 1.807) is 12.1 Å². The molecule has 2 saturated carbocycles. The van der Waals surface area contributed by atoms with Crippen LogP contribution < -0.4 is 4.74 Å². The fourth-order valence-electron chi connectivity index (χ4n) is 6.74. The summed E-state index contributed by atoms with van der Waals surface area (Å²) in [6, 6.07) is 5.28. The molecule has 0 atom stereocenters. The van der Waals surface area contributed by atoms with Gasteiger partial charge in [-0.15, -0.1) is 0 Å². The van der Waals surface area contributed by atoms with E-state index in [0.29, 0.717) is 67.2 Å². The number of hydrogen-bond donors (Lipinski definition) is 0. The van der Waals surface area contributed by atoms with Crippen LogP contribution in [0.4, 0.5) is 13.2 Å². The van der Waals surface area contributed by atoms with Gasteiger partial charge in [0.1, 0.15) is 6.10 Å². The molecule has 0 radical (unpaired) electrons. The fraction of sp³-hybridized carbons (Fsp3) is 0.594. The summed E-state index contributed by atoms with van der Waals surface area (Å²) in [4.78, 5) is 12.8. The first-order chi connectivity index (χ1) is 18.4. The largest absolute Gasteiger partial charge is 0.462 e. The van der Waals surface area contributed by atoms with Gasteiger partial charge in [-0.05, 0) is 86.8 Å². The molecule has 2 aromatic carbocycles. The Bertz CT molecular complexity index is 1160. The molecular weight excluding hydrogens is 489 g/mol. The van der Waals surface area contributed by atoms with Gasteiger partial charge in [0.15, 0.2) is 23.1 Å². The van der Waals surface area contributed by atoms with E-state index >= 15 is 4.39 Å².